The quantitative estimate of drug-likeness (QED) is 0.406. The zero-order chi connectivity index (χ0) is 23.7. The summed E-state index contributed by atoms with van der Waals surface area (Å²) in [5.74, 6) is -0.835. The molecule has 4 aromatic rings. The van der Waals surface area contributed by atoms with Crippen LogP contribution < -0.4 is 5.32 Å². The van der Waals surface area contributed by atoms with Crippen LogP contribution in [0.1, 0.15) is 17.5 Å². The lowest BCUT2D eigenvalue weighted by Gasteiger charge is -2.16. The number of hydrogen-bond acceptors (Lipinski definition) is 4. The van der Waals surface area contributed by atoms with Crippen molar-refractivity contribution in [2.45, 2.75) is 19.8 Å². The van der Waals surface area contributed by atoms with Crippen molar-refractivity contribution in [1.29, 1.82) is 0 Å². The van der Waals surface area contributed by atoms with Crippen molar-refractivity contribution in [3.8, 4) is 10.6 Å². The predicted octanol–water partition coefficient (Wildman–Crippen LogP) is 5.44. The van der Waals surface area contributed by atoms with E-state index >= 15 is 0 Å². The van der Waals surface area contributed by atoms with Gasteiger partial charge in [0.05, 0.1) is 16.1 Å². The van der Waals surface area contributed by atoms with E-state index < -0.39 is 0 Å². The number of likely N-dealkylation sites (tertiary alicyclic amines) is 1. The molecular weight excluding hydrogens is 449 g/mol. The molecule has 1 aromatic heterocycles. The van der Waals surface area contributed by atoms with Crippen LogP contribution in [-0.2, 0) is 16.0 Å². The van der Waals surface area contributed by atoms with Crippen LogP contribution in [0.4, 0.5) is 10.1 Å². The maximum Gasteiger partial charge on any atom is 0.229 e. The van der Waals surface area contributed by atoms with Gasteiger partial charge in [0, 0.05) is 30.8 Å². The lowest BCUT2D eigenvalue weighted by molar-refractivity contribution is -0.128. The maximum atomic E-state index is 13.1. The first-order valence-electron chi connectivity index (χ1n) is 11.3. The molecule has 0 saturated carbocycles. The van der Waals surface area contributed by atoms with Crippen molar-refractivity contribution in [2.24, 2.45) is 5.92 Å². The van der Waals surface area contributed by atoms with E-state index in [9.17, 15) is 14.0 Å². The van der Waals surface area contributed by atoms with Gasteiger partial charge in [-0.2, -0.15) is 0 Å². The fourth-order valence-electron chi connectivity index (χ4n) is 4.17. The van der Waals surface area contributed by atoms with Crippen molar-refractivity contribution >= 4 is 39.1 Å². The van der Waals surface area contributed by atoms with Crippen molar-refractivity contribution in [3.05, 3.63) is 83.7 Å². The molecule has 1 atom stereocenters. The van der Waals surface area contributed by atoms with Gasteiger partial charge < -0.3 is 10.2 Å². The van der Waals surface area contributed by atoms with Gasteiger partial charge in [-0.3, -0.25) is 9.59 Å². The number of aromatic nitrogens is 1. The van der Waals surface area contributed by atoms with E-state index in [0.717, 1.165) is 26.4 Å². The standard InChI is InChI=1S/C27H24FN3O2S/c1-17-2-11-23-24(14-17)34-27(30-23)19-5-9-22(10-6-19)29-26(33)20-15-25(32)31(16-20)13-12-18-3-7-21(28)8-4-18/h2-11,14,20H,12-13,15-16H2,1H3,(H,29,33). The second-order valence-electron chi connectivity index (χ2n) is 8.67. The molecule has 1 aliphatic heterocycles. The highest BCUT2D eigenvalue weighted by molar-refractivity contribution is 7.21. The molecule has 0 radical (unpaired) electrons. The summed E-state index contributed by atoms with van der Waals surface area (Å²) < 4.78 is 14.2. The number of rotatable bonds is 6. The molecule has 1 unspecified atom stereocenters. The van der Waals surface area contributed by atoms with Crippen LogP contribution in [-0.4, -0.2) is 34.8 Å². The summed E-state index contributed by atoms with van der Waals surface area (Å²) in [7, 11) is 0. The van der Waals surface area contributed by atoms with E-state index in [1.165, 1.54) is 17.7 Å². The molecule has 3 aromatic carbocycles. The van der Waals surface area contributed by atoms with Crippen LogP contribution in [0, 0.1) is 18.7 Å². The monoisotopic (exact) mass is 473 g/mol. The summed E-state index contributed by atoms with van der Waals surface area (Å²) in [4.78, 5) is 31.6. The normalized spacial score (nSPS) is 15.8. The third-order valence-corrected chi connectivity index (χ3v) is 7.18. The molecule has 1 saturated heterocycles. The summed E-state index contributed by atoms with van der Waals surface area (Å²) in [6.45, 7) is 2.98. The number of carbonyl (C=O) groups is 2. The average Bonchev–Trinajstić information content (AvgIpc) is 3.42. The summed E-state index contributed by atoms with van der Waals surface area (Å²) in [5.41, 5.74) is 4.85. The molecule has 1 aliphatic rings. The number of halogens is 1. The van der Waals surface area contributed by atoms with Crippen LogP contribution in [0.25, 0.3) is 20.8 Å². The third kappa shape index (κ3) is 4.84. The fraction of sp³-hybridized carbons (Fsp3) is 0.222. The van der Waals surface area contributed by atoms with Crippen molar-refractivity contribution < 1.29 is 14.0 Å². The summed E-state index contributed by atoms with van der Waals surface area (Å²) >= 11 is 1.65. The molecule has 7 heteroatoms. The number of anilines is 1. The Hall–Kier alpha value is -3.58. The number of nitrogens with one attached hydrogen (secondary N) is 1. The molecule has 34 heavy (non-hydrogen) atoms. The van der Waals surface area contributed by atoms with Crippen molar-refractivity contribution in [1.82, 2.24) is 9.88 Å². The maximum absolute atomic E-state index is 13.1. The minimum absolute atomic E-state index is 0.0244. The van der Waals surface area contributed by atoms with E-state index in [2.05, 4.69) is 24.4 Å². The highest BCUT2D eigenvalue weighted by Gasteiger charge is 2.34. The number of benzene rings is 3. The number of aryl methyl sites for hydroxylation is 1. The van der Waals surface area contributed by atoms with Gasteiger partial charge in [-0.1, -0.05) is 18.2 Å². The Labute approximate surface area is 201 Å². The number of thiazole rings is 1. The molecule has 0 aliphatic carbocycles. The highest BCUT2D eigenvalue weighted by atomic mass is 32.1. The van der Waals surface area contributed by atoms with Gasteiger partial charge in [-0.25, -0.2) is 9.37 Å². The third-order valence-electron chi connectivity index (χ3n) is 6.11. The molecule has 5 nitrogen and oxygen atoms in total. The molecule has 172 valence electrons. The van der Waals surface area contributed by atoms with Crippen LogP contribution in [0.3, 0.4) is 0 Å². The summed E-state index contributed by atoms with van der Waals surface area (Å²) in [5, 5.41) is 3.88. The second-order valence-corrected chi connectivity index (χ2v) is 9.70. The Kier molecular flexibility index (Phi) is 6.11. The minimum Gasteiger partial charge on any atom is -0.342 e. The Bertz CT molecular complexity index is 1350. The van der Waals surface area contributed by atoms with Crippen LogP contribution in [0.2, 0.25) is 0 Å². The highest BCUT2D eigenvalue weighted by Crippen LogP contribution is 2.31. The van der Waals surface area contributed by atoms with E-state index in [1.54, 1.807) is 28.4 Å². The largest absolute Gasteiger partial charge is 0.342 e. The van der Waals surface area contributed by atoms with Crippen molar-refractivity contribution in [3.63, 3.8) is 0 Å². The number of hydrogen-bond donors (Lipinski definition) is 1. The predicted molar refractivity (Wildman–Crippen MR) is 133 cm³/mol. The van der Waals surface area contributed by atoms with Crippen LogP contribution in [0.5, 0.6) is 0 Å². The van der Waals surface area contributed by atoms with Gasteiger partial charge in [0.2, 0.25) is 11.8 Å². The Balaban J connectivity index is 1.18. The number of amides is 2. The van der Waals surface area contributed by atoms with E-state index in [1.807, 2.05) is 30.3 Å². The van der Waals surface area contributed by atoms with Gasteiger partial charge in [0.25, 0.3) is 0 Å². The fourth-order valence-corrected chi connectivity index (χ4v) is 5.24. The average molecular weight is 474 g/mol. The molecule has 0 bridgehead atoms. The first-order chi connectivity index (χ1) is 16.4. The first kappa shape index (κ1) is 22.2. The molecule has 1 N–H and O–H groups in total. The topological polar surface area (TPSA) is 62.3 Å². The molecule has 1 fully saturated rings. The Morgan fingerprint density at radius 1 is 1.12 bits per heavy atom. The van der Waals surface area contributed by atoms with Gasteiger partial charge in [-0.05, 0) is 73.0 Å². The van der Waals surface area contributed by atoms with E-state index in [4.69, 9.17) is 4.98 Å². The minimum atomic E-state index is -0.382. The Morgan fingerprint density at radius 3 is 2.65 bits per heavy atom. The zero-order valence-electron chi connectivity index (χ0n) is 18.8. The SMILES string of the molecule is Cc1ccc2nc(-c3ccc(NC(=O)C4CC(=O)N(CCc5ccc(F)cc5)C4)cc3)sc2c1. The van der Waals surface area contributed by atoms with E-state index in [0.29, 0.717) is 25.2 Å². The second kappa shape index (κ2) is 9.35. The van der Waals surface area contributed by atoms with Crippen LogP contribution >= 0.6 is 11.3 Å². The van der Waals surface area contributed by atoms with Gasteiger partial charge in [0.15, 0.2) is 0 Å². The molecular formula is C27H24FN3O2S. The lowest BCUT2D eigenvalue weighted by Crippen LogP contribution is -2.30. The van der Waals surface area contributed by atoms with Crippen LogP contribution in [0.15, 0.2) is 66.7 Å². The zero-order valence-corrected chi connectivity index (χ0v) is 19.6. The number of carbonyl (C=O) groups excluding carboxylic acids is 2. The molecule has 2 heterocycles. The summed E-state index contributed by atoms with van der Waals surface area (Å²) in [6.07, 6.45) is 0.839. The summed E-state index contributed by atoms with van der Waals surface area (Å²) in [6, 6.07) is 20.1. The van der Waals surface area contributed by atoms with E-state index in [-0.39, 0.29) is 30.0 Å². The smallest absolute Gasteiger partial charge is 0.229 e. The number of nitrogens with zero attached hydrogens (tertiary/aromatic N) is 2. The van der Waals surface area contributed by atoms with Crippen molar-refractivity contribution in [2.75, 3.05) is 18.4 Å². The molecule has 0 spiro atoms. The molecule has 2 amide bonds. The first-order valence-corrected chi connectivity index (χ1v) is 12.1. The van der Waals surface area contributed by atoms with Gasteiger partial charge in [0.1, 0.15) is 10.8 Å². The number of fused-ring (bicyclic) bond motifs is 1. The van der Waals surface area contributed by atoms with Gasteiger partial charge >= 0.3 is 0 Å². The molecule has 5 rings (SSSR count). The lowest BCUT2D eigenvalue weighted by atomic mass is 10.1. The van der Waals surface area contributed by atoms with Gasteiger partial charge in [-0.15, -0.1) is 11.3 Å². The Morgan fingerprint density at radius 2 is 1.88 bits per heavy atom.